The van der Waals surface area contributed by atoms with Crippen LogP contribution in [0.25, 0.3) is 0 Å². The molecule has 0 saturated carbocycles. The van der Waals surface area contributed by atoms with Gasteiger partial charge in [-0.05, 0) is 18.6 Å². The number of aliphatic hydroxyl groups excluding tert-OH is 1. The van der Waals surface area contributed by atoms with E-state index in [4.69, 9.17) is 10.5 Å². The summed E-state index contributed by atoms with van der Waals surface area (Å²) in [5, 5.41) is 19.3. The summed E-state index contributed by atoms with van der Waals surface area (Å²) in [7, 11) is 1.50. The summed E-state index contributed by atoms with van der Waals surface area (Å²) in [5.41, 5.74) is 6.29. The lowest BCUT2D eigenvalue weighted by Gasteiger charge is -2.20. The number of benzene rings is 1. The highest BCUT2D eigenvalue weighted by Crippen LogP contribution is 2.33. The maximum absolute atomic E-state index is 9.67. The maximum Gasteiger partial charge on any atom is 0.127 e. The van der Waals surface area contributed by atoms with Crippen molar-refractivity contribution in [2.75, 3.05) is 7.11 Å². The molecule has 0 aliphatic rings. The number of hydrogen-bond donors (Lipinski definition) is 3. The Morgan fingerprint density at radius 3 is 2.67 bits per heavy atom. The summed E-state index contributed by atoms with van der Waals surface area (Å²) >= 11 is 0. The monoisotopic (exact) mass is 211 g/mol. The van der Waals surface area contributed by atoms with E-state index < -0.39 is 12.1 Å². The zero-order chi connectivity index (χ0) is 11.4. The molecule has 0 fully saturated rings. The van der Waals surface area contributed by atoms with Crippen molar-refractivity contribution in [2.24, 2.45) is 5.73 Å². The van der Waals surface area contributed by atoms with Crippen LogP contribution in [0.4, 0.5) is 0 Å². The SMILES string of the molecule is CC[C@H](O)[C@H](N)c1c(O)cccc1OC. The lowest BCUT2D eigenvalue weighted by atomic mass is 9.99. The predicted octanol–water partition coefficient (Wildman–Crippen LogP) is 1.17. The molecule has 1 aromatic carbocycles. The van der Waals surface area contributed by atoms with Crippen LogP contribution in [0.2, 0.25) is 0 Å². The second-order valence-corrected chi connectivity index (χ2v) is 3.39. The number of methoxy groups -OCH3 is 1. The molecule has 0 heterocycles. The lowest BCUT2D eigenvalue weighted by molar-refractivity contribution is 0.138. The van der Waals surface area contributed by atoms with Gasteiger partial charge >= 0.3 is 0 Å². The Morgan fingerprint density at radius 1 is 1.47 bits per heavy atom. The van der Waals surface area contributed by atoms with E-state index in [1.165, 1.54) is 13.2 Å². The molecule has 0 unspecified atom stereocenters. The van der Waals surface area contributed by atoms with Gasteiger partial charge < -0.3 is 20.7 Å². The van der Waals surface area contributed by atoms with Gasteiger partial charge in [0.15, 0.2) is 0 Å². The summed E-state index contributed by atoms with van der Waals surface area (Å²) in [6, 6.07) is 4.27. The van der Waals surface area contributed by atoms with Crippen molar-refractivity contribution < 1.29 is 14.9 Å². The van der Waals surface area contributed by atoms with Crippen LogP contribution in [0.15, 0.2) is 18.2 Å². The summed E-state index contributed by atoms with van der Waals surface area (Å²) in [6.45, 7) is 1.83. The average molecular weight is 211 g/mol. The van der Waals surface area contributed by atoms with E-state index in [0.717, 1.165) is 0 Å². The van der Waals surface area contributed by atoms with Crippen molar-refractivity contribution in [3.8, 4) is 11.5 Å². The zero-order valence-electron chi connectivity index (χ0n) is 8.97. The first kappa shape index (κ1) is 11.8. The van der Waals surface area contributed by atoms with Crippen molar-refractivity contribution in [1.29, 1.82) is 0 Å². The second kappa shape index (κ2) is 5.00. The maximum atomic E-state index is 9.67. The molecule has 1 aromatic rings. The van der Waals surface area contributed by atoms with Gasteiger partial charge in [-0.1, -0.05) is 13.0 Å². The minimum atomic E-state index is -0.688. The first-order chi connectivity index (χ1) is 7.11. The molecule has 0 aromatic heterocycles. The number of aliphatic hydroxyl groups is 1. The molecular weight excluding hydrogens is 194 g/mol. The molecule has 15 heavy (non-hydrogen) atoms. The Balaban J connectivity index is 3.10. The third kappa shape index (κ3) is 2.40. The van der Waals surface area contributed by atoms with Crippen LogP contribution in [0, 0.1) is 0 Å². The van der Waals surface area contributed by atoms with E-state index in [9.17, 15) is 10.2 Å². The Hall–Kier alpha value is -1.26. The molecule has 0 amide bonds. The molecule has 0 saturated heterocycles. The number of ether oxygens (including phenoxy) is 1. The Kier molecular flexibility index (Phi) is 3.94. The van der Waals surface area contributed by atoms with Crippen LogP contribution >= 0.6 is 0 Å². The zero-order valence-corrected chi connectivity index (χ0v) is 8.97. The number of phenolic OH excluding ortho intramolecular Hbond substituents is 1. The van der Waals surface area contributed by atoms with Gasteiger partial charge in [0.05, 0.1) is 24.8 Å². The van der Waals surface area contributed by atoms with Crippen LogP contribution in [0.3, 0.4) is 0 Å². The van der Waals surface area contributed by atoms with Crippen molar-refractivity contribution in [3.63, 3.8) is 0 Å². The highest BCUT2D eigenvalue weighted by Gasteiger charge is 2.22. The summed E-state index contributed by atoms with van der Waals surface area (Å²) in [4.78, 5) is 0. The summed E-state index contributed by atoms with van der Waals surface area (Å²) in [6.07, 6.45) is -0.161. The van der Waals surface area contributed by atoms with E-state index in [1.54, 1.807) is 12.1 Å². The van der Waals surface area contributed by atoms with Crippen LogP contribution in [-0.2, 0) is 0 Å². The number of phenols is 1. The molecule has 0 bridgehead atoms. The first-order valence-corrected chi connectivity index (χ1v) is 4.91. The first-order valence-electron chi connectivity index (χ1n) is 4.91. The highest BCUT2D eigenvalue weighted by atomic mass is 16.5. The molecule has 0 radical (unpaired) electrons. The van der Waals surface area contributed by atoms with Crippen molar-refractivity contribution in [3.05, 3.63) is 23.8 Å². The number of rotatable bonds is 4. The van der Waals surface area contributed by atoms with E-state index in [-0.39, 0.29) is 5.75 Å². The van der Waals surface area contributed by atoms with Gasteiger partial charge in [0, 0.05) is 0 Å². The standard InChI is InChI=1S/C11H17NO3/c1-3-7(13)11(12)10-8(14)5-4-6-9(10)15-2/h4-7,11,13-14H,3,12H2,1-2H3/t7-,11-/m0/s1. The van der Waals surface area contributed by atoms with Gasteiger partial charge in [-0.15, -0.1) is 0 Å². The number of aromatic hydroxyl groups is 1. The van der Waals surface area contributed by atoms with Gasteiger partial charge in [-0.25, -0.2) is 0 Å². The third-order valence-corrected chi connectivity index (χ3v) is 2.43. The summed E-state index contributed by atoms with van der Waals surface area (Å²) in [5.74, 6) is 0.546. The fraction of sp³-hybridized carbons (Fsp3) is 0.455. The van der Waals surface area contributed by atoms with Gasteiger partial charge in [0.25, 0.3) is 0 Å². The molecule has 1 rings (SSSR count). The van der Waals surface area contributed by atoms with Crippen molar-refractivity contribution >= 4 is 0 Å². The minimum Gasteiger partial charge on any atom is -0.507 e. The molecule has 0 spiro atoms. The highest BCUT2D eigenvalue weighted by molar-refractivity contribution is 5.46. The van der Waals surface area contributed by atoms with Gasteiger partial charge in [-0.2, -0.15) is 0 Å². The third-order valence-electron chi connectivity index (χ3n) is 2.43. The van der Waals surface area contributed by atoms with E-state index >= 15 is 0 Å². The van der Waals surface area contributed by atoms with Crippen LogP contribution in [0.1, 0.15) is 24.9 Å². The predicted molar refractivity (Wildman–Crippen MR) is 57.9 cm³/mol. The fourth-order valence-corrected chi connectivity index (χ4v) is 1.49. The second-order valence-electron chi connectivity index (χ2n) is 3.39. The molecule has 0 aliphatic carbocycles. The van der Waals surface area contributed by atoms with Crippen LogP contribution in [-0.4, -0.2) is 23.4 Å². The Morgan fingerprint density at radius 2 is 2.13 bits per heavy atom. The largest absolute Gasteiger partial charge is 0.507 e. The minimum absolute atomic E-state index is 0.0503. The van der Waals surface area contributed by atoms with E-state index in [1.807, 2.05) is 6.92 Å². The van der Waals surface area contributed by atoms with Crippen molar-refractivity contribution in [2.45, 2.75) is 25.5 Å². The van der Waals surface area contributed by atoms with Gasteiger partial charge in [-0.3, -0.25) is 0 Å². The van der Waals surface area contributed by atoms with Crippen LogP contribution < -0.4 is 10.5 Å². The molecule has 0 aliphatic heterocycles. The number of hydrogen-bond acceptors (Lipinski definition) is 4. The molecule has 84 valence electrons. The Labute approximate surface area is 89.3 Å². The lowest BCUT2D eigenvalue weighted by Crippen LogP contribution is -2.25. The quantitative estimate of drug-likeness (QED) is 0.698. The normalized spacial score (nSPS) is 14.7. The van der Waals surface area contributed by atoms with Crippen LogP contribution in [0.5, 0.6) is 11.5 Å². The van der Waals surface area contributed by atoms with E-state index in [0.29, 0.717) is 17.7 Å². The van der Waals surface area contributed by atoms with Gasteiger partial charge in [0.1, 0.15) is 11.5 Å². The topological polar surface area (TPSA) is 75.7 Å². The molecule has 4 nitrogen and oxygen atoms in total. The molecule has 4 N–H and O–H groups in total. The Bertz CT molecular complexity index is 328. The molecular formula is C11H17NO3. The van der Waals surface area contributed by atoms with E-state index in [2.05, 4.69) is 0 Å². The number of nitrogens with two attached hydrogens (primary N) is 1. The molecule has 4 heteroatoms. The van der Waals surface area contributed by atoms with Gasteiger partial charge in [0.2, 0.25) is 0 Å². The fourth-order valence-electron chi connectivity index (χ4n) is 1.49. The molecule has 2 atom stereocenters. The smallest absolute Gasteiger partial charge is 0.127 e. The van der Waals surface area contributed by atoms with Crippen molar-refractivity contribution in [1.82, 2.24) is 0 Å². The summed E-state index contributed by atoms with van der Waals surface area (Å²) < 4.78 is 5.09. The average Bonchev–Trinajstić information content (AvgIpc) is 2.26.